The normalized spacial score (nSPS) is 12.7. The molecule has 0 amide bonds. The quantitative estimate of drug-likeness (QED) is 0.280. The minimum atomic E-state index is -0.379. The highest BCUT2D eigenvalue weighted by molar-refractivity contribution is 6.09. The van der Waals surface area contributed by atoms with Crippen LogP contribution in [0.15, 0.2) is 65.8 Å². The molecule has 0 aromatic heterocycles. The Kier molecular flexibility index (Phi) is 8.64. The fourth-order valence-electron chi connectivity index (χ4n) is 3.13. The summed E-state index contributed by atoms with van der Waals surface area (Å²) in [7, 11) is 1.66. The number of ether oxygens (including phenoxy) is 1. The second-order valence-electron chi connectivity index (χ2n) is 7.73. The van der Waals surface area contributed by atoms with Gasteiger partial charge in [0.2, 0.25) is 0 Å². The number of rotatable bonds is 9. The first-order chi connectivity index (χ1) is 14.7. The number of benzene rings is 2. The van der Waals surface area contributed by atoms with E-state index in [1.807, 2.05) is 32.9 Å². The summed E-state index contributed by atoms with van der Waals surface area (Å²) in [5.74, 6) is -0.522. The predicted molar refractivity (Wildman–Crippen MR) is 124 cm³/mol. The first-order valence-electron chi connectivity index (χ1n) is 10.1. The van der Waals surface area contributed by atoms with Crippen LogP contribution >= 0.6 is 0 Å². The molecule has 0 aliphatic carbocycles. The fourth-order valence-corrected chi connectivity index (χ4v) is 3.13. The number of aromatic hydroxyl groups is 3. The minimum absolute atomic E-state index is 0.0404. The molecule has 2 rings (SSSR count). The van der Waals surface area contributed by atoms with Crippen LogP contribution in [0.4, 0.5) is 0 Å². The second-order valence-corrected chi connectivity index (χ2v) is 7.73. The molecule has 0 saturated carbocycles. The predicted octanol–water partition coefficient (Wildman–Crippen LogP) is 5.56. The summed E-state index contributed by atoms with van der Waals surface area (Å²) in [6.07, 6.45) is 7.86. The van der Waals surface area contributed by atoms with Gasteiger partial charge in [0.15, 0.2) is 5.78 Å². The van der Waals surface area contributed by atoms with E-state index in [4.69, 9.17) is 4.74 Å². The van der Waals surface area contributed by atoms with E-state index in [1.54, 1.807) is 25.3 Å². The summed E-state index contributed by atoms with van der Waals surface area (Å²) in [5, 5.41) is 30.2. The number of hydrogen-bond acceptors (Lipinski definition) is 5. The van der Waals surface area contributed by atoms with Gasteiger partial charge in [0.05, 0.1) is 11.7 Å². The maximum absolute atomic E-state index is 12.6. The number of ketones is 1. The summed E-state index contributed by atoms with van der Waals surface area (Å²) >= 11 is 0. The molecular weight excluding hydrogens is 392 g/mol. The van der Waals surface area contributed by atoms with Crippen molar-refractivity contribution < 1.29 is 24.9 Å². The van der Waals surface area contributed by atoms with E-state index >= 15 is 0 Å². The van der Waals surface area contributed by atoms with Gasteiger partial charge in [-0.15, -0.1) is 0 Å². The number of phenolic OH excluding ortho intramolecular Hbond substituents is 3. The Balaban J connectivity index is 2.18. The molecule has 0 aliphatic heterocycles. The standard InChI is InChI=1S/C26H30O5/c1-17(2)15-21(31-4)16-18(3)5-11-22-25(29)14-12-23(26(22)30)24(28)13-8-19-6-9-20(27)10-7-19/h5-10,12-15,21,27,29-30H,11,16H2,1-4H3/t21-/m1/s1. The van der Waals surface area contributed by atoms with Gasteiger partial charge in [-0.05, 0) is 69.5 Å². The maximum Gasteiger partial charge on any atom is 0.189 e. The van der Waals surface area contributed by atoms with E-state index in [0.717, 1.165) is 11.1 Å². The van der Waals surface area contributed by atoms with E-state index in [-0.39, 0.29) is 41.1 Å². The molecule has 1 atom stereocenters. The van der Waals surface area contributed by atoms with Crippen LogP contribution in [0.3, 0.4) is 0 Å². The highest BCUT2D eigenvalue weighted by atomic mass is 16.5. The highest BCUT2D eigenvalue weighted by Gasteiger charge is 2.16. The number of carbonyl (C=O) groups is 1. The first kappa shape index (κ1) is 24.0. The Morgan fingerprint density at radius 3 is 2.32 bits per heavy atom. The van der Waals surface area contributed by atoms with Crippen molar-refractivity contribution in [1.82, 2.24) is 0 Å². The smallest absolute Gasteiger partial charge is 0.189 e. The van der Waals surface area contributed by atoms with Crippen LogP contribution in [-0.4, -0.2) is 34.3 Å². The zero-order valence-corrected chi connectivity index (χ0v) is 18.4. The van der Waals surface area contributed by atoms with Crippen molar-refractivity contribution >= 4 is 11.9 Å². The molecule has 2 aromatic rings. The van der Waals surface area contributed by atoms with E-state index in [9.17, 15) is 20.1 Å². The number of phenols is 3. The molecule has 2 aromatic carbocycles. The highest BCUT2D eigenvalue weighted by Crippen LogP contribution is 2.32. The van der Waals surface area contributed by atoms with Gasteiger partial charge in [-0.1, -0.05) is 41.5 Å². The molecule has 0 heterocycles. The van der Waals surface area contributed by atoms with Crippen LogP contribution < -0.4 is 0 Å². The number of hydrogen-bond donors (Lipinski definition) is 3. The van der Waals surface area contributed by atoms with Crippen molar-refractivity contribution in [3.63, 3.8) is 0 Å². The number of carbonyl (C=O) groups excluding carboxylic acids is 1. The molecule has 0 unspecified atom stereocenters. The van der Waals surface area contributed by atoms with Crippen LogP contribution in [0.2, 0.25) is 0 Å². The molecule has 31 heavy (non-hydrogen) atoms. The Labute approximate surface area is 183 Å². The van der Waals surface area contributed by atoms with Gasteiger partial charge in [0.25, 0.3) is 0 Å². The summed E-state index contributed by atoms with van der Waals surface area (Å²) in [5.41, 5.74) is 3.38. The van der Waals surface area contributed by atoms with Crippen molar-refractivity contribution in [1.29, 1.82) is 0 Å². The minimum Gasteiger partial charge on any atom is -0.508 e. The third kappa shape index (κ3) is 7.15. The zero-order valence-electron chi connectivity index (χ0n) is 18.4. The van der Waals surface area contributed by atoms with Gasteiger partial charge in [-0.25, -0.2) is 0 Å². The molecule has 3 N–H and O–H groups in total. The summed E-state index contributed by atoms with van der Waals surface area (Å²) in [6.45, 7) is 5.99. The van der Waals surface area contributed by atoms with E-state index in [2.05, 4.69) is 0 Å². The van der Waals surface area contributed by atoms with Crippen molar-refractivity contribution in [2.45, 2.75) is 39.7 Å². The lowest BCUT2D eigenvalue weighted by atomic mass is 9.99. The molecular formula is C26H30O5. The lowest BCUT2D eigenvalue weighted by Crippen LogP contribution is -2.08. The SMILES string of the molecule is CO[C@H](C=C(C)C)CC(C)=CCc1c(O)ccc(C(=O)C=Cc2ccc(O)cc2)c1O. The van der Waals surface area contributed by atoms with Crippen molar-refractivity contribution in [3.05, 3.63) is 82.5 Å². The van der Waals surface area contributed by atoms with Gasteiger partial charge in [-0.3, -0.25) is 4.79 Å². The summed E-state index contributed by atoms with van der Waals surface area (Å²) < 4.78 is 5.47. The van der Waals surface area contributed by atoms with Gasteiger partial charge in [0.1, 0.15) is 17.2 Å². The Hall–Kier alpha value is -3.31. The maximum atomic E-state index is 12.6. The van der Waals surface area contributed by atoms with Crippen molar-refractivity contribution in [3.8, 4) is 17.2 Å². The van der Waals surface area contributed by atoms with Crippen LogP contribution in [0.5, 0.6) is 17.2 Å². The van der Waals surface area contributed by atoms with E-state index in [0.29, 0.717) is 12.0 Å². The van der Waals surface area contributed by atoms with Crippen LogP contribution in [-0.2, 0) is 11.2 Å². The van der Waals surface area contributed by atoms with Crippen LogP contribution in [0, 0.1) is 0 Å². The molecule has 0 aliphatic rings. The molecule has 5 nitrogen and oxygen atoms in total. The van der Waals surface area contributed by atoms with Gasteiger partial charge in [0, 0.05) is 12.7 Å². The lowest BCUT2D eigenvalue weighted by Gasteiger charge is -2.13. The van der Waals surface area contributed by atoms with Crippen molar-refractivity contribution in [2.75, 3.05) is 7.11 Å². The van der Waals surface area contributed by atoms with Crippen LogP contribution in [0.1, 0.15) is 48.7 Å². The van der Waals surface area contributed by atoms with Gasteiger partial charge in [-0.2, -0.15) is 0 Å². The van der Waals surface area contributed by atoms with Crippen molar-refractivity contribution in [2.24, 2.45) is 0 Å². The average molecular weight is 423 g/mol. The Morgan fingerprint density at radius 1 is 1.03 bits per heavy atom. The topological polar surface area (TPSA) is 87.0 Å². The molecule has 5 heteroatoms. The van der Waals surface area contributed by atoms with Crippen LogP contribution in [0.25, 0.3) is 6.08 Å². The molecule has 0 fully saturated rings. The van der Waals surface area contributed by atoms with Gasteiger partial charge >= 0.3 is 0 Å². The monoisotopic (exact) mass is 422 g/mol. The molecule has 0 spiro atoms. The van der Waals surface area contributed by atoms with E-state index < -0.39 is 0 Å². The van der Waals surface area contributed by atoms with Gasteiger partial charge < -0.3 is 20.1 Å². The molecule has 0 saturated heterocycles. The Bertz CT molecular complexity index is 993. The number of allylic oxidation sites excluding steroid dienone is 3. The molecule has 0 bridgehead atoms. The largest absolute Gasteiger partial charge is 0.508 e. The van der Waals surface area contributed by atoms with E-state index in [1.165, 1.54) is 35.9 Å². The third-order valence-corrected chi connectivity index (χ3v) is 4.84. The first-order valence-corrected chi connectivity index (χ1v) is 10.1. The number of methoxy groups -OCH3 is 1. The Morgan fingerprint density at radius 2 is 1.71 bits per heavy atom. The molecule has 0 radical (unpaired) electrons. The summed E-state index contributed by atoms with van der Waals surface area (Å²) in [4.78, 5) is 12.6. The zero-order chi connectivity index (χ0) is 23.0. The lowest BCUT2D eigenvalue weighted by molar-refractivity contribution is 0.104. The second kappa shape index (κ2) is 11.2. The summed E-state index contributed by atoms with van der Waals surface area (Å²) in [6, 6.07) is 9.24. The fraction of sp³-hybridized carbons (Fsp3) is 0.269. The molecule has 164 valence electrons. The third-order valence-electron chi connectivity index (χ3n) is 4.84. The average Bonchev–Trinajstić information content (AvgIpc) is 2.72.